The van der Waals surface area contributed by atoms with Crippen molar-refractivity contribution in [2.24, 2.45) is 0 Å². The first-order valence-electron chi connectivity index (χ1n) is 12.9. The van der Waals surface area contributed by atoms with Gasteiger partial charge in [0.05, 0.1) is 6.10 Å². The summed E-state index contributed by atoms with van der Waals surface area (Å²) in [5.74, 6) is 0.890. The van der Waals surface area contributed by atoms with Gasteiger partial charge in [-0.2, -0.15) is 0 Å². The van der Waals surface area contributed by atoms with Gasteiger partial charge in [-0.3, -0.25) is 4.79 Å². The standard InChI is InChI=1S/C27H38N2O4/c1-18-23-21(11-12-22-24(23)20(30)17-27(33-22)13-7-4-8-14-27)32-25(18)26(31)28-15-16-29(2)19-9-5-3-6-10-19/h11-12,19-20,30H,3-10,13-17H2,1-2H3,(H,28,31)/t20-/m0/s1. The molecule has 33 heavy (non-hydrogen) atoms. The molecule has 0 radical (unpaired) electrons. The van der Waals surface area contributed by atoms with Crippen LogP contribution in [0.1, 0.15) is 98.4 Å². The number of hydrogen-bond acceptors (Lipinski definition) is 5. The maximum absolute atomic E-state index is 13.0. The van der Waals surface area contributed by atoms with E-state index < -0.39 is 6.10 Å². The fourth-order valence-corrected chi connectivity index (χ4v) is 6.35. The second kappa shape index (κ2) is 9.30. The molecule has 1 spiro atoms. The molecule has 6 heteroatoms. The minimum atomic E-state index is -0.605. The van der Waals surface area contributed by atoms with Gasteiger partial charge in [0.2, 0.25) is 0 Å². The molecule has 1 amide bonds. The molecule has 1 atom stereocenters. The number of rotatable bonds is 5. The minimum Gasteiger partial charge on any atom is -0.487 e. The highest BCUT2D eigenvalue weighted by Crippen LogP contribution is 2.49. The third-order valence-corrected chi connectivity index (χ3v) is 8.24. The molecule has 1 aromatic carbocycles. The zero-order chi connectivity index (χ0) is 23.0. The van der Waals surface area contributed by atoms with Crippen molar-refractivity contribution < 1.29 is 19.1 Å². The van der Waals surface area contributed by atoms with E-state index in [1.807, 2.05) is 19.1 Å². The van der Waals surface area contributed by atoms with Crippen molar-refractivity contribution in [3.05, 3.63) is 29.0 Å². The number of carbonyl (C=O) groups excluding carboxylic acids is 1. The lowest BCUT2D eigenvalue weighted by molar-refractivity contribution is -0.0373. The van der Waals surface area contributed by atoms with Crippen molar-refractivity contribution in [3.63, 3.8) is 0 Å². The summed E-state index contributed by atoms with van der Waals surface area (Å²) < 4.78 is 12.5. The van der Waals surface area contributed by atoms with Crippen LogP contribution < -0.4 is 10.1 Å². The molecule has 3 aliphatic rings. The Hall–Kier alpha value is -2.05. The number of aliphatic hydroxyl groups is 1. The second-order valence-corrected chi connectivity index (χ2v) is 10.5. The van der Waals surface area contributed by atoms with Crippen molar-refractivity contribution >= 4 is 16.9 Å². The van der Waals surface area contributed by atoms with Crippen LogP contribution in [0.25, 0.3) is 11.0 Å². The van der Waals surface area contributed by atoms with Gasteiger partial charge in [0.25, 0.3) is 5.91 Å². The molecule has 2 N–H and O–H groups in total. The first kappa shape index (κ1) is 22.7. The van der Waals surface area contributed by atoms with Gasteiger partial charge >= 0.3 is 0 Å². The topological polar surface area (TPSA) is 74.9 Å². The van der Waals surface area contributed by atoms with Crippen molar-refractivity contribution in [1.82, 2.24) is 10.2 Å². The first-order chi connectivity index (χ1) is 16.0. The molecule has 2 heterocycles. The van der Waals surface area contributed by atoms with Crippen molar-refractivity contribution in [2.45, 2.75) is 95.3 Å². The van der Waals surface area contributed by atoms with Crippen LogP contribution in [0.15, 0.2) is 16.5 Å². The predicted molar refractivity (Wildman–Crippen MR) is 129 cm³/mol. The zero-order valence-corrected chi connectivity index (χ0v) is 20.1. The van der Waals surface area contributed by atoms with Gasteiger partial charge in [-0.15, -0.1) is 0 Å². The summed E-state index contributed by atoms with van der Waals surface area (Å²) in [6.07, 6.45) is 12.0. The van der Waals surface area contributed by atoms with Gasteiger partial charge in [0.1, 0.15) is 16.9 Å². The van der Waals surface area contributed by atoms with E-state index in [0.717, 1.165) is 54.5 Å². The summed E-state index contributed by atoms with van der Waals surface area (Å²) in [5, 5.41) is 15.0. The van der Waals surface area contributed by atoms with Crippen LogP contribution in [0.5, 0.6) is 5.75 Å². The molecule has 0 unspecified atom stereocenters. The Morgan fingerprint density at radius 1 is 1.15 bits per heavy atom. The molecular weight excluding hydrogens is 416 g/mol. The van der Waals surface area contributed by atoms with E-state index in [2.05, 4.69) is 17.3 Å². The van der Waals surface area contributed by atoms with Gasteiger partial charge in [-0.25, -0.2) is 0 Å². The molecule has 0 saturated heterocycles. The average Bonchev–Trinajstić information content (AvgIpc) is 3.16. The highest BCUT2D eigenvalue weighted by atomic mass is 16.5. The van der Waals surface area contributed by atoms with Crippen LogP contribution in [0.3, 0.4) is 0 Å². The summed E-state index contributed by atoms with van der Waals surface area (Å²) in [6.45, 7) is 3.33. The summed E-state index contributed by atoms with van der Waals surface area (Å²) in [7, 11) is 2.15. The van der Waals surface area contributed by atoms with E-state index in [1.165, 1.54) is 38.5 Å². The van der Waals surface area contributed by atoms with E-state index in [9.17, 15) is 9.90 Å². The van der Waals surface area contributed by atoms with Gasteiger partial charge in [0, 0.05) is 42.1 Å². The Balaban J connectivity index is 1.31. The van der Waals surface area contributed by atoms with E-state index in [0.29, 0.717) is 30.4 Å². The molecule has 2 saturated carbocycles. The number of carbonyl (C=O) groups is 1. The largest absolute Gasteiger partial charge is 0.487 e. The molecule has 180 valence electrons. The van der Waals surface area contributed by atoms with Gasteiger partial charge in [-0.1, -0.05) is 25.7 Å². The quantitative estimate of drug-likeness (QED) is 0.645. The number of ether oxygens (including phenoxy) is 1. The number of nitrogens with zero attached hydrogens (tertiary/aromatic N) is 1. The second-order valence-electron chi connectivity index (χ2n) is 10.5. The molecule has 6 nitrogen and oxygen atoms in total. The first-order valence-corrected chi connectivity index (χ1v) is 12.9. The predicted octanol–water partition coefficient (Wildman–Crippen LogP) is 5.25. The molecule has 1 aromatic heterocycles. The number of aryl methyl sites for hydroxylation is 1. The van der Waals surface area contributed by atoms with Crippen LogP contribution in [-0.4, -0.2) is 47.7 Å². The fraction of sp³-hybridized carbons (Fsp3) is 0.667. The molecule has 2 aliphatic carbocycles. The number of aliphatic hydroxyl groups excluding tert-OH is 1. The smallest absolute Gasteiger partial charge is 0.287 e. The number of benzene rings is 1. The van der Waals surface area contributed by atoms with Crippen LogP contribution in [0.4, 0.5) is 0 Å². The SMILES string of the molecule is Cc1c(C(=O)NCCN(C)C2CCCCC2)oc2ccc3c(c12)[C@@H](O)CC1(CCCCC1)O3. The lowest BCUT2D eigenvalue weighted by Crippen LogP contribution is -2.42. The van der Waals surface area contributed by atoms with Gasteiger partial charge in [-0.05, 0) is 64.6 Å². The van der Waals surface area contributed by atoms with E-state index in [4.69, 9.17) is 9.15 Å². The summed E-state index contributed by atoms with van der Waals surface area (Å²) in [6, 6.07) is 4.41. The lowest BCUT2D eigenvalue weighted by Gasteiger charge is -2.43. The van der Waals surface area contributed by atoms with Crippen molar-refractivity contribution in [1.29, 1.82) is 0 Å². The highest BCUT2D eigenvalue weighted by Gasteiger charge is 2.42. The number of furan rings is 1. The average molecular weight is 455 g/mol. The number of likely N-dealkylation sites (N-methyl/N-ethyl adjacent to an activating group) is 1. The Bertz CT molecular complexity index is 1000. The third kappa shape index (κ3) is 4.40. The van der Waals surface area contributed by atoms with Crippen LogP contribution in [-0.2, 0) is 0 Å². The Morgan fingerprint density at radius 2 is 1.88 bits per heavy atom. The number of fused-ring (bicyclic) bond motifs is 3. The maximum atomic E-state index is 13.0. The van der Waals surface area contributed by atoms with Crippen LogP contribution >= 0.6 is 0 Å². The molecule has 2 fully saturated rings. The van der Waals surface area contributed by atoms with Gasteiger partial charge in [0.15, 0.2) is 5.76 Å². The zero-order valence-electron chi connectivity index (χ0n) is 20.1. The lowest BCUT2D eigenvalue weighted by atomic mass is 9.77. The Morgan fingerprint density at radius 3 is 2.64 bits per heavy atom. The Labute approximate surface area is 196 Å². The van der Waals surface area contributed by atoms with E-state index in [1.54, 1.807) is 0 Å². The molecule has 1 aliphatic heterocycles. The van der Waals surface area contributed by atoms with E-state index in [-0.39, 0.29) is 11.5 Å². The molecule has 5 rings (SSSR count). The molecule has 0 bridgehead atoms. The number of hydrogen-bond donors (Lipinski definition) is 2. The van der Waals surface area contributed by atoms with Crippen LogP contribution in [0, 0.1) is 6.92 Å². The molecular formula is C27H38N2O4. The minimum absolute atomic E-state index is 0.190. The highest BCUT2D eigenvalue weighted by molar-refractivity contribution is 6.00. The third-order valence-electron chi connectivity index (χ3n) is 8.24. The van der Waals surface area contributed by atoms with E-state index >= 15 is 0 Å². The summed E-state index contributed by atoms with van der Waals surface area (Å²) >= 11 is 0. The monoisotopic (exact) mass is 454 g/mol. The van der Waals surface area contributed by atoms with Crippen LogP contribution in [0.2, 0.25) is 0 Å². The number of nitrogens with one attached hydrogen (secondary N) is 1. The summed E-state index contributed by atoms with van der Waals surface area (Å²) in [4.78, 5) is 15.3. The maximum Gasteiger partial charge on any atom is 0.287 e. The normalized spacial score (nSPS) is 23.0. The van der Waals surface area contributed by atoms with Gasteiger partial charge < -0.3 is 24.5 Å². The number of amides is 1. The Kier molecular flexibility index (Phi) is 6.41. The molecule has 2 aromatic rings. The fourth-order valence-electron chi connectivity index (χ4n) is 6.35. The summed E-state index contributed by atoms with van der Waals surface area (Å²) in [5.41, 5.74) is 1.95. The van der Waals surface area contributed by atoms with Crippen molar-refractivity contribution in [2.75, 3.05) is 20.1 Å². The van der Waals surface area contributed by atoms with Crippen molar-refractivity contribution in [3.8, 4) is 5.75 Å².